The van der Waals surface area contributed by atoms with Gasteiger partial charge in [0.05, 0.1) is 5.02 Å². The second kappa shape index (κ2) is 6.95. The predicted octanol–water partition coefficient (Wildman–Crippen LogP) is 2.69. The second-order valence-electron chi connectivity index (χ2n) is 6.58. The van der Waals surface area contributed by atoms with Crippen molar-refractivity contribution in [3.63, 3.8) is 0 Å². The van der Waals surface area contributed by atoms with E-state index >= 15 is 0 Å². The molecule has 2 amide bonds. The minimum Gasteiger partial charge on any atom is -0.345 e. The van der Waals surface area contributed by atoms with Crippen LogP contribution in [0.15, 0.2) is 12.3 Å². The summed E-state index contributed by atoms with van der Waals surface area (Å²) >= 11 is 6.01. The van der Waals surface area contributed by atoms with Gasteiger partial charge in [0, 0.05) is 45.3 Å². The highest BCUT2D eigenvalue weighted by atomic mass is 35.5. The summed E-state index contributed by atoms with van der Waals surface area (Å²) in [6.07, 6.45) is 7.49. The van der Waals surface area contributed by atoms with Crippen LogP contribution in [0.25, 0.3) is 0 Å². The van der Waals surface area contributed by atoms with Crippen molar-refractivity contribution in [2.75, 3.05) is 19.6 Å². The van der Waals surface area contributed by atoms with Crippen LogP contribution in [0.5, 0.6) is 0 Å². The van der Waals surface area contributed by atoms with Crippen molar-refractivity contribution in [3.8, 4) is 0 Å². The summed E-state index contributed by atoms with van der Waals surface area (Å²) in [5.74, 6) is 0.310. The summed E-state index contributed by atoms with van der Waals surface area (Å²) < 4.78 is 1.79. The summed E-state index contributed by atoms with van der Waals surface area (Å²) in [7, 11) is 1.85. The number of halogens is 1. The first-order valence-electron chi connectivity index (χ1n) is 8.47. The minimum absolute atomic E-state index is 0.0526. The molecule has 3 rings (SSSR count). The van der Waals surface area contributed by atoms with Crippen LogP contribution in [0.4, 0.5) is 0 Å². The van der Waals surface area contributed by atoms with Crippen molar-refractivity contribution in [2.24, 2.45) is 7.05 Å². The van der Waals surface area contributed by atoms with Crippen LogP contribution in [-0.4, -0.2) is 51.9 Å². The lowest BCUT2D eigenvalue weighted by Gasteiger charge is -2.36. The van der Waals surface area contributed by atoms with E-state index in [-0.39, 0.29) is 17.9 Å². The highest BCUT2D eigenvalue weighted by molar-refractivity contribution is 6.31. The lowest BCUT2D eigenvalue weighted by molar-refractivity contribution is -0.127. The van der Waals surface area contributed by atoms with Crippen molar-refractivity contribution in [2.45, 2.75) is 44.6 Å². The average molecular weight is 338 g/mol. The quantitative estimate of drug-likeness (QED) is 0.848. The lowest BCUT2D eigenvalue weighted by atomic mass is 9.98. The van der Waals surface area contributed by atoms with E-state index < -0.39 is 0 Å². The molecule has 0 N–H and O–H groups in total. The molecule has 1 aromatic rings. The number of nitrogens with zero attached hydrogens (tertiary/aromatic N) is 3. The van der Waals surface area contributed by atoms with E-state index in [0.717, 1.165) is 51.7 Å². The first-order chi connectivity index (χ1) is 11.1. The molecule has 0 aromatic carbocycles. The number of carbonyl (C=O) groups excluding carboxylic acids is 2. The summed E-state index contributed by atoms with van der Waals surface area (Å²) in [4.78, 5) is 28.6. The van der Waals surface area contributed by atoms with Gasteiger partial charge in [-0.25, -0.2) is 0 Å². The Hall–Kier alpha value is -1.49. The molecule has 0 saturated carbocycles. The zero-order valence-corrected chi connectivity index (χ0v) is 14.4. The average Bonchev–Trinajstić information content (AvgIpc) is 3.10. The minimum atomic E-state index is 0.0526. The van der Waals surface area contributed by atoms with E-state index in [1.54, 1.807) is 16.8 Å². The molecule has 5 nitrogen and oxygen atoms in total. The number of hydrogen-bond acceptors (Lipinski definition) is 2. The Balaban J connectivity index is 1.67. The van der Waals surface area contributed by atoms with Crippen LogP contribution in [0, 0.1) is 0 Å². The van der Waals surface area contributed by atoms with E-state index in [2.05, 4.69) is 0 Å². The van der Waals surface area contributed by atoms with Gasteiger partial charge in [-0.05, 0) is 38.2 Å². The van der Waals surface area contributed by atoms with Gasteiger partial charge in [-0.15, -0.1) is 0 Å². The number of aryl methyl sites for hydroxylation is 1. The molecule has 2 aliphatic rings. The normalized spacial score (nSPS) is 22.0. The molecule has 3 heterocycles. The third kappa shape index (κ3) is 3.55. The zero-order valence-electron chi connectivity index (χ0n) is 13.6. The monoisotopic (exact) mass is 337 g/mol. The molecule has 1 atom stereocenters. The molecule has 0 spiro atoms. The highest BCUT2D eigenvalue weighted by Crippen LogP contribution is 2.24. The molecule has 6 heteroatoms. The third-order valence-electron chi connectivity index (χ3n) is 4.98. The molecule has 126 valence electrons. The molecule has 1 unspecified atom stereocenters. The first-order valence-corrected chi connectivity index (χ1v) is 8.84. The van der Waals surface area contributed by atoms with Crippen LogP contribution < -0.4 is 0 Å². The molecular formula is C17H24ClN3O2. The van der Waals surface area contributed by atoms with Crippen molar-refractivity contribution >= 4 is 23.4 Å². The number of carbonyl (C=O) groups is 2. The maximum Gasteiger partial charge on any atom is 0.270 e. The molecule has 2 fully saturated rings. The Kier molecular flexibility index (Phi) is 4.95. The van der Waals surface area contributed by atoms with Crippen molar-refractivity contribution in [1.82, 2.24) is 14.4 Å². The standard InChI is InChI=1S/C17H24ClN3O2/c1-19-12-13(18)11-15(19)17(23)21-9-3-2-5-14(21)7-10-20-8-4-6-16(20)22/h11-12,14H,2-10H2,1H3. The number of rotatable bonds is 4. The SMILES string of the molecule is Cn1cc(Cl)cc1C(=O)N1CCCCC1CCN1CCCC1=O. The summed E-state index contributed by atoms with van der Waals surface area (Å²) in [5.41, 5.74) is 0.638. The fourth-order valence-corrected chi connectivity index (χ4v) is 3.95. The van der Waals surface area contributed by atoms with Crippen LogP contribution in [0.2, 0.25) is 5.02 Å². The maximum absolute atomic E-state index is 12.9. The maximum atomic E-state index is 12.9. The van der Waals surface area contributed by atoms with Crippen LogP contribution in [0.1, 0.15) is 49.0 Å². The number of piperidine rings is 1. The Labute approximate surface area is 142 Å². The third-order valence-corrected chi connectivity index (χ3v) is 5.19. The molecule has 0 bridgehead atoms. The molecule has 0 aliphatic carbocycles. The molecule has 2 saturated heterocycles. The molecule has 1 aromatic heterocycles. The van der Waals surface area contributed by atoms with E-state index in [9.17, 15) is 9.59 Å². The molecule has 0 radical (unpaired) electrons. The predicted molar refractivity (Wildman–Crippen MR) is 89.5 cm³/mol. The van der Waals surface area contributed by atoms with Crippen LogP contribution >= 0.6 is 11.6 Å². The van der Waals surface area contributed by atoms with E-state index in [1.165, 1.54) is 0 Å². The van der Waals surface area contributed by atoms with Crippen molar-refractivity contribution in [1.29, 1.82) is 0 Å². The van der Waals surface area contributed by atoms with Crippen molar-refractivity contribution in [3.05, 3.63) is 23.0 Å². The van der Waals surface area contributed by atoms with Crippen molar-refractivity contribution < 1.29 is 9.59 Å². The number of likely N-dealkylation sites (tertiary alicyclic amines) is 2. The Bertz CT molecular complexity index is 599. The van der Waals surface area contributed by atoms with E-state index in [1.807, 2.05) is 16.8 Å². The summed E-state index contributed by atoms with van der Waals surface area (Å²) in [6.45, 7) is 2.42. The fraction of sp³-hybridized carbons (Fsp3) is 0.647. The fourth-order valence-electron chi connectivity index (χ4n) is 3.70. The van der Waals surface area contributed by atoms with Gasteiger partial charge in [0.25, 0.3) is 5.91 Å². The Morgan fingerprint density at radius 1 is 1.30 bits per heavy atom. The first kappa shape index (κ1) is 16.4. The summed E-state index contributed by atoms with van der Waals surface area (Å²) in [5, 5.41) is 0.590. The molecule has 2 aliphatic heterocycles. The number of hydrogen-bond donors (Lipinski definition) is 0. The largest absolute Gasteiger partial charge is 0.345 e. The molecular weight excluding hydrogens is 314 g/mol. The van der Waals surface area contributed by atoms with Gasteiger partial charge >= 0.3 is 0 Å². The Morgan fingerprint density at radius 2 is 2.13 bits per heavy atom. The van der Waals surface area contributed by atoms with Gasteiger partial charge in [0.2, 0.25) is 5.91 Å². The highest BCUT2D eigenvalue weighted by Gasteiger charge is 2.30. The van der Waals surface area contributed by atoms with Gasteiger partial charge in [-0.1, -0.05) is 11.6 Å². The second-order valence-corrected chi connectivity index (χ2v) is 7.01. The van der Waals surface area contributed by atoms with Crippen LogP contribution in [0.3, 0.4) is 0 Å². The van der Waals surface area contributed by atoms with Gasteiger partial charge < -0.3 is 14.4 Å². The van der Waals surface area contributed by atoms with Crippen LogP contribution in [-0.2, 0) is 11.8 Å². The van der Waals surface area contributed by atoms with Gasteiger partial charge in [0.1, 0.15) is 5.69 Å². The smallest absolute Gasteiger partial charge is 0.270 e. The summed E-state index contributed by atoms with van der Waals surface area (Å²) in [6, 6.07) is 1.96. The van der Waals surface area contributed by atoms with Gasteiger partial charge in [-0.3, -0.25) is 9.59 Å². The zero-order chi connectivity index (χ0) is 16.4. The lowest BCUT2D eigenvalue weighted by Crippen LogP contribution is -2.45. The Morgan fingerprint density at radius 3 is 2.78 bits per heavy atom. The van der Waals surface area contributed by atoms with Gasteiger partial charge in [0.15, 0.2) is 0 Å². The van der Waals surface area contributed by atoms with E-state index in [0.29, 0.717) is 17.1 Å². The van der Waals surface area contributed by atoms with E-state index in [4.69, 9.17) is 11.6 Å². The number of aromatic nitrogens is 1. The molecule has 23 heavy (non-hydrogen) atoms. The number of amides is 2. The van der Waals surface area contributed by atoms with Gasteiger partial charge in [-0.2, -0.15) is 0 Å². The topological polar surface area (TPSA) is 45.6 Å².